The number of pyridine rings is 1. The zero-order valence-corrected chi connectivity index (χ0v) is 10.4. The van der Waals surface area contributed by atoms with E-state index < -0.39 is 5.97 Å². The van der Waals surface area contributed by atoms with Gasteiger partial charge in [0.1, 0.15) is 6.61 Å². The molecule has 2 aromatic rings. The number of rotatable bonds is 3. The Morgan fingerprint density at radius 1 is 1.32 bits per heavy atom. The molecule has 1 aromatic carbocycles. The van der Waals surface area contributed by atoms with Crippen LogP contribution >= 0.6 is 0 Å². The summed E-state index contributed by atoms with van der Waals surface area (Å²) < 4.78 is 18.4. The molecule has 1 heterocycles. The Morgan fingerprint density at radius 3 is 2.53 bits per heavy atom. The van der Waals surface area contributed by atoms with Crippen LogP contribution in [0.2, 0.25) is 0 Å². The Bertz CT molecular complexity index is 513. The van der Waals surface area contributed by atoms with Gasteiger partial charge in [0.15, 0.2) is 11.6 Å². The fourth-order valence-corrected chi connectivity index (χ4v) is 1.20. The van der Waals surface area contributed by atoms with E-state index in [1.54, 1.807) is 0 Å². The Hall–Kier alpha value is -2.43. The van der Waals surface area contributed by atoms with Gasteiger partial charge in [0.25, 0.3) is 5.97 Å². The molecular weight excluding hydrogens is 249 g/mol. The highest BCUT2D eigenvalue weighted by atomic mass is 19.1. The molecular formula is C14H14FNO3. The number of hydrogen-bond acceptors (Lipinski definition) is 3. The molecule has 5 heteroatoms. The van der Waals surface area contributed by atoms with Crippen LogP contribution in [0.4, 0.5) is 4.39 Å². The molecule has 0 bridgehead atoms. The molecule has 0 saturated carbocycles. The molecule has 0 amide bonds. The van der Waals surface area contributed by atoms with Crippen molar-refractivity contribution in [3.63, 3.8) is 0 Å². The minimum atomic E-state index is -0.833. The number of carboxylic acids is 1. The smallest absolute Gasteiger partial charge is 0.300 e. The second kappa shape index (κ2) is 7.81. The highest BCUT2D eigenvalue weighted by molar-refractivity contribution is 5.62. The van der Waals surface area contributed by atoms with E-state index in [1.165, 1.54) is 18.5 Å². The number of carboxylic acid groups (broad SMARTS) is 1. The minimum Gasteiger partial charge on any atom is -0.484 e. The van der Waals surface area contributed by atoms with E-state index in [1.807, 2.05) is 30.3 Å². The summed E-state index contributed by atoms with van der Waals surface area (Å²) >= 11 is 0. The van der Waals surface area contributed by atoms with Crippen LogP contribution < -0.4 is 4.74 Å². The largest absolute Gasteiger partial charge is 0.484 e. The fraction of sp³-hybridized carbons (Fsp3) is 0.143. The van der Waals surface area contributed by atoms with E-state index in [9.17, 15) is 4.39 Å². The summed E-state index contributed by atoms with van der Waals surface area (Å²) in [4.78, 5) is 12.8. The second-order valence-corrected chi connectivity index (χ2v) is 3.60. The Kier molecular flexibility index (Phi) is 6.02. The number of nitrogens with zero attached hydrogens (tertiary/aromatic N) is 1. The topological polar surface area (TPSA) is 59.4 Å². The lowest BCUT2D eigenvalue weighted by Gasteiger charge is -2.05. The predicted octanol–water partition coefficient (Wildman–Crippen LogP) is 2.89. The molecule has 0 saturated heterocycles. The van der Waals surface area contributed by atoms with Crippen molar-refractivity contribution >= 4 is 5.97 Å². The van der Waals surface area contributed by atoms with Gasteiger partial charge in [-0.3, -0.25) is 9.78 Å². The first-order valence-electron chi connectivity index (χ1n) is 5.55. The average Bonchev–Trinajstić information content (AvgIpc) is 2.38. The van der Waals surface area contributed by atoms with Gasteiger partial charge in [-0.05, 0) is 11.6 Å². The van der Waals surface area contributed by atoms with Crippen LogP contribution in [0.15, 0.2) is 48.8 Å². The van der Waals surface area contributed by atoms with Crippen LogP contribution in [0.1, 0.15) is 12.5 Å². The SMILES string of the molecule is CC(=O)O.Fc1ccncc1OCc1ccccc1. The lowest BCUT2D eigenvalue weighted by atomic mass is 10.2. The lowest BCUT2D eigenvalue weighted by molar-refractivity contribution is -0.134. The van der Waals surface area contributed by atoms with Crippen LogP contribution in [0, 0.1) is 5.82 Å². The molecule has 0 fully saturated rings. The van der Waals surface area contributed by atoms with Gasteiger partial charge in [-0.2, -0.15) is 0 Å². The van der Waals surface area contributed by atoms with Gasteiger partial charge in [-0.1, -0.05) is 30.3 Å². The summed E-state index contributed by atoms with van der Waals surface area (Å²) in [5, 5.41) is 7.42. The van der Waals surface area contributed by atoms with Crippen molar-refractivity contribution in [2.75, 3.05) is 0 Å². The molecule has 4 nitrogen and oxygen atoms in total. The summed E-state index contributed by atoms with van der Waals surface area (Å²) in [6.07, 6.45) is 2.77. The minimum absolute atomic E-state index is 0.182. The second-order valence-electron chi connectivity index (χ2n) is 3.60. The lowest BCUT2D eigenvalue weighted by Crippen LogP contribution is -1.97. The summed E-state index contributed by atoms with van der Waals surface area (Å²) in [7, 11) is 0. The molecule has 19 heavy (non-hydrogen) atoms. The average molecular weight is 263 g/mol. The van der Waals surface area contributed by atoms with Crippen molar-refractivity contribution < 1.29 is 19.0 Å². The summed E-state index contributed by atoms with van der Waals surface area (Å²) in [5.41, 5.74) is 1.00. The van der Waals surface area contributed by atoms with Crippen LogP contribution in [0.5, 0.6) is 5.75 Å². The Labute approximate surface area is 110 Å². The highest BCUT2D eigenvalue weighted by Gasteiger charge is 2.01. The molecule has 1 aromatic heterocycles. The molecule has 0 aliphatic heterocycles. The number of ether oxygens (including phenoxy) is 1. The maximum absolute atomic E-state index is 13.1. The number of halogens is 1. The quantitative estimate of drug-likeness (QED) is 0.925. The first kappa shape index (κ1) is 14.6. The molecule has 0 aliphatic carbocycles. The highest BCUT2D eigenvalue weighted by Crippen LogP contribution is 2.15. The van der Waals surface area contributed by atoms with E-state index >= 15 is 0 Å². The first-order valence-corrected chi connectivity index (χ1v) is 5.55. The number of benzene rings is 1. The van der Waals surface area contributed by atoms with Gasteiger partial charge >= 0.3 is 0 Å². The van der Waals surface area contributed by atoms with Crippen molar-refractivity contribution in [1.82, 2.24) is 4.98 Å². The van der Waals surface area contributed by atoms with Crippen LogP contribution in [-0.4, -0.2) is 16.1 Å². The fourth-order valence-electron chi connectivity index (χ4n) is 1.20. The van der Waals surface area contributed by atoms with Crippen molar-refractivity contribution in [2.24, 2.45) is 0 Å². The third kappa shape index (κ3) is 6.16. The maximum atomic E-state index is 13.1. The molecule has 0 unspecified atom stereocenters. The van der Waals surface area contributed by atoms with E-state index in [0.717, 1.165) is 12.5 Å². The van der Waals surface area contributed by atoms with Gasteiger partial charge in [0, 0.05) is 13.1 Å². The third-order valence-electron chi connectivity index (χ3n) is 1.97. The van der Waals surface area contributed by atoms with E-state index in [4.69, 9.17) is 14.6 Å². The molecule has 100 valence electrons. The zero-order valence-electron chi connectivity index (χ0n) is 10.4. The monoisotopic (exact) mass is 263 g/mol. The van der Waals surface area contributed by atoms with Crippen molar-refractivity contribution in [3.8, 4) is 5.75 Å². The molecule has 0 atom stereocenters. The molecule has 0 radical (unpaired) electrons. The van der Waals surface area contributed by atoms with Gasteiger partial charge in [-0.15, -0.1) is 0 Å². The van der Waals surface area contributed by atoms with E-state index in [-0.39, 0.29) is 11.6 Å². The Morgan fingerprint density at radius 2 is 1.95 bits per heavy atom. The van der Waals surface area contributed by atoms with Crippen molar-refractivity contribution in [1.29, 1.82) is 0 Å². The third-order valence-corrected chi connectivity index (χ3v) is 1.97. The Balaban J connectivity index is 0.000000399. The standard InChI is InChI=1S/C12H10FNO.C2H4O2/c13-11-6-7-14-8-12(11)15-9-10-4-2-1-3-5-10;1-2(3)4/h1-8H,9H2;1H3,(H,3,4). The summed E-state index contributed by atoms with van der Waals surface area (Å²) in [5.74, 6) is -1.04. The van der Waals surface area contributed by atoms with Crippen LogP contribution in [-0.2, 0) is 11.4 Å². The van der Waals surface area contributed by atoms with Gasteiger partial charge < -0.3 is 9.84 Å². The van der Waals surface area contributed by atoms with Gasteiger partial charge in [0.05, 0.1) is 6.20 Å². The number of carbonyl (C=O) groups is 1. The molecule has 0 spiro atoms. The molecule has 0 aliphatic rings. The van der Waals surface area contributed by atoms with Gasteiger partial charge in [0.2, 0.25) is 0 Å². The molecule has 1 N–H and O–H groups in total. The van der Waals surface area contributed by atoms with Crippen molar-refractivity contribution in [3.05, 3.63) is 60.2 Å². The summed E-state index contributed by atoms with van der Waals surface area (Å²) in [6, 6.07) is 10.9. The van der Waals surface area contributed by atoms with Crippen molar-refractivity contribution in [2.45, 2.75) is 13.5 Å². The summed E-state index contributed by atoms with van der Waals surface area (Å²) in [6.45, 7) is 1.43. The van der Waals surface area contributed by atoms with Crippen LogP contribution in [0.25, 0.3) is 0 Å². The molecule has 2 rings (SSSR count). The number of hydrogen-bond donors (Lipinski definition) is 1. The number of aromatic nitrogens is 1. The maximum Gasteiger partial charge on any atom is 0.300 e. The zero-order chi connectivity index (χ0) is 14.1. The van der Waals surface area contributed by atoms with E-state index in [0.29, 0.717) is 6.61 Å². The van der Waals surface area contributed by atoms with Crippen LogP contribution in [0.3, 0.4) is 0 Å². The van der Waals surface area contributed by atoms with Gasteiger partial charge in [-0.25, -0.2) is 4.39 Å². The number of aliphatic carboxylic acids is 1. The van der Waals surface area contributed by atoms with E-state index in [2.05, 4.69) is 4.98 Å². The predicted molar refractivity (Wildman–Crippen MR) is 68.3 cm³/mol. The first-order chi connectivity index (χ1) is 9.09. The normalized spacial score (nSPS) is 9.16.